The van der Waals surface area contributed by atoms with Crippen LogP contribution < -0.4 is 10.4 Å². The summed E-state index contributed by atoms with van der Waals surface area (Å²) in [6, 6.07) is 5.04. The lowest BCUT2D eigenvalue weighted by molar-refractivity contribution is -0.137. The maximum atomic E-state index is 12.6. The molecule has 0 saturated heterocycles. The van der Waals surface area contributed by atoms with Gasteiger partial charge in [-0.3, -0.25) is 4.79 Å². The number of fused-ring (bicyclic) bond motifs is 1. The summed E-state index contributed by atoms with van der Waals surface area (Å²) in [4.78, 5) is 26.3. The van der Waals surface area contributed by atoms with Gasteiger partial charge in [0.1, 0.15) is 42.4 Å². The van der Waals surface area contributed by atoms with Gasteiger partial charge < -0.3 is 39.6 Å². The summed E-state index contributed by atoms with van der Waals surface area (Å²) in [7, 11) is 1.36. The van der Waals surface area contributed by atoms with Gasteiger partial charge in [-0.2, -0.15) is 0 Å². The Hall–Kier alpha value is -2.76. The maximum Gasteiger partial charge on any atom is 0.340 e. The molecule has 1 amide bonds. The number of hydrogen-bond donors (Lipinski definition) is 5. The van der Waals surface area contributed by atoms with Gasteiger partial charge in [0.15, 0.2) is 0 Å². The van der Waals surface area contributed by atoms with Gasteiger partial charge in [0, 0.05) is 25.0 Å². The molecule has 0 aliphatic rings. The van der Waals surface area contributed by atoms with E-state index in [9.17, 15) is 30.0 Å². The molecule has 2 aromatic rings. The van der Waals surface area contributed by atoms with Crippen LogP contribution in [0.25, 0.3) is 11.0 Å². The average molecular weight is 465 g/mol. The Balaban J connectivity index is 2.15. The summed E-state index contributed by atoms with van der Waals surface area (Å²) in [5.74, 6) is -0.0210. The van der Waals surface area contributed by atoms with Crippen molar-refractivity contribution >= 4 is 16.9 Å². The summed E-state index contributed by atoms with van der Waals surface area (Å²) in [5, 5.41) is 48.6. The lowest BCUT2D eigenvalue weighted by Crippen LogP contribution is -2.50. The minimum Gasteiger partial charge on any atom is -0.489 e. The number of aliphatic hydroxyl groups excluding tert-OH is 5. The molecule has 4 atom stereocenters. The number of rotatable bonds is 11. The minimum absolute atomic E-state index is 0.153. The van der Waals surface area contributed by atoms with Crippen LogP contribution in [-0.4, -0.2) is 87.6 Å². The Morgan fingerprint density at radius 2 is 1.82 bits per heavy atom. The Kier molecular flexibility index (Phi) is 9.15. The number of aliphatic hydroxyl groups is 5. The van der Waals surface area contributed by atoms with Crippen LogP contribution in [0.15, 0.2) is 39.6 Å². The molecule has 0 unspecified atom stereocenters. The van der Waals surface area contributed by atoms with Gasteiger partial charge in [-0.05, 0) is 37.1 Å². The smallest absolute Gasteiger partial charge is 0.340 e. The van der Waals surface area contributed by atoms with E-state index in [2.05, 4.69) is 6.58 Å². The molecule has 33 heavy (non-hydrogen) atoms. The number of amides is 1. The molecule has 182 valence electrons. The van der Waals surface area contributed by atoms with E-state index < -0.39 is 42.6 Å². The van der Waals surface area contributed by atoms with Gasteiger partial charge >= 0.3 is 5.63 Å². The van der Waals surface area contributed by atoms with E-state index in [1.807, 2.05) is 6.92 Å². The first-order valence-electron chi connectivity index (χ1n) is 10.4. The second kappa shape index (κ2) is 11.4. The predicted molar refractivity (Wildman–Crippen MR) is 120 cm³/mol. The maximum absolute atomic E-state index is 12.6. The number of ether oxygens (including phenoxy) is 1. The fourth-order valence-corrected chi connectivity index (χ4v) is 3.21. The number of hydrogen-bond acceptors (Lipinski definition) is 9. The number of nitrogens with zero attached hydrogens (tertiary/aromatic N) is 1. The normalized spacial score (nSPS) is 15.0. The molecule has 1 aromatic carbocycles. The van der Waals surface area contributed by atoms with Crippen molar-refractivity contribution in [3.8, 4) is 5.75 Å². The molecule has 0 saturated carbocycles. The summed E-state index contributed by atoms with van der Waals surface area (Å²) in [6.45, 7) is 6.42. The molecule has 10 heteroatoms. The van der Waals surface area contributed by atoms with Crippen molar-refractivity contribution in [2.24, 2.45) is 0 Å². The van der Waals surface area contributed by atoms with Crippen molar-refractivity contribution < 1.29 is 39.5 Å². The van der Waals surface area contributed by atoms with E-state index in [1.54, 1.807) is 25.1 Å². The monoisotopic (exact) mass is 465 g/mol. The second-order valence-electron chi connectivity index (χ2n) is 8.15. The fraction of sp³-hybridized carbons (Fsp3) is 0.478. The molecule has 0 spiro atoms. The van der Waals surface area contributed by atoms with Crippen molar-refractivity contribution in [2.75, 3.05) is 26.8 Å². The third-order valence-electron chi connectivity index (χ3n) is 5.28. The lowest BCUT2D eigenvalue weighted by Gasteiger charge is -2.28. The number of likely N-dealkylation sites (N-methyl/N-ethyl adjacent to an activating group) is 1. The van der Waals surface area contributed by atoms with Crippen molar-refractivity contribution in [3.05, 3.63) is 51.9 Å². The van der Waals surface area contributed by atoms with Crippen molar-refractivity contribution in [1.29, 1.82) is 0 Å². The lowest BCUT2D eigenvalue weighted by atomic mass is 10.0. The van der Waals surface area contributed by atoms with E-state index >= 15 is 0 Å². The highest BCUT2D eigenvalue weighted by atomic mass is 16.5. The van der Waals surface area contributed by atoms with E-state index in [0.29, 0.717) is 28.9 Å². The van der Waals surface area contributed by atoms with Crippen molar-refractivity contribution in [1.82, 2.24) is 4.90 Å². The topological polar surface area (TPSA) is 161 Å². The molecular weight excluding hydrogens is 434 g/mol. The molecule has 0 radical (unpaired) electrons. The Morgan fingerprint density at radius 3 is 2.42 bits per heavy atom. The summed E-state index contributed by atoms with van der Waals surface area (Å²) >= 11 is 0. The zero-order chi connectivity index (χ0) is 24.9. The highest BCUT2D eigenvalue weighted by Gasteiger charge is 2.31. The SMILES string of the molecule is C=C(C)COc1ccc2c(C)c(CC(=O)N(C)C[C@H](O)[C@H](O)[C@@H](O)[C@H](O)CO)c(=O)oc2c1. The molecule has 5 N–H and O–H groups in total. The van der Waals surface area contributed by atoms with Gasteiger partial charge in [-0.1, -0.05) is 6.58 Å². The van der Waals surface area contributed by atoms with Crippen LogP contribution in [0.1, 0.15) is 18.1 Å². The van der Waals surface area contributed by atoms with E-state index in [0.717, 1.165) is 10.5 Å². The molecule has 0 fully saturated rings. The first-order chi connectivity index (χ1) is 15.5. The summed E-state index contributed by atoms with van der Waals surface area (Å²) in [6.07, 6.45) is -7.14. The minimum atomic E-state index is -1.80. The standard InChI is InChI=1S/C23H31NO9/c1-12(2)11-32-14-5-6-15-13(3)16(23(31)33-19(15)7-14)8-20(28)24(4)9-17(26)21(29)22(30)18(27)10-25/h5-7,17-18,21-22,25-27,29-30H,1,8-11H2,2-4H3/t17-,18+,21-,22-/m0/s1. The quantitative estimate of drug-likeness (QED) is 0.217. The Bertz CT molecular complexity index is 1050. The van der Waals surface area contributed by atoms with E-state index in [1.165, 1.54) is 7.05 Å². The van der Waals surface area contributed by atoms with E-state index in [-0.39, 0.29) is 18.5 Å². The first-order valence-corrected chi connectivity index (χ1v) is 10.4. The second-order valence-corrected chi connectivity index (χ2v) is 8.15. The molecule has 1 heterocycles. The molecule has 1 aromatic heterocycles. The molecule has 0 aliphatic heterocycles. The van der Waals surface area contributed by atoms with Gasteiger partial charge in [0.2, 0.25) is 5.91 Å². The average Bonchev–Trinajstić information content (AvgIpc) is 2.78. The van der Waals surface area contributed by atoms with Gasteiger partial charge in [0.05, 0.1) is 18.6 Å². The van der Waals surface area contributed by atoms with Gasteiger partial charge in [-0.25, -0.2) is 4.79 Å². The fourth-order valence-electron chi connectivity index (χ4n) is 3.21. The molecule has 0 aliphatic carbocycles. The summed E-state index contributed by atoms with van der Waals surface area (Å²) < 4.78 is 11.0. The van der Waals surface area contributed by atoms with Crippen molar-refractivity contribution in [2.45, 2.75) is 44.7 Å². The van der Waals surface area contributed by atoms with Crippen molar-refractivity contribution in [3.63, 3.8) is 0 Å². The highest BCUT2D eigenvalue weighted by molar-refractivity contribution is 5.85. The molecular formula is C23H31NO9. The first kappa shape index (κ1) is 26.5. The van der Waals surface area contributed by atoms with Crippen LogP contribution >= 0.6 is 0 Å². The zero-order valence-corrected chi connectivity index (χ0v) is 18.9. The van der Waals surface area contributed by atoms with Gasteiger partial charge in [0.25, 0.3) is 0 Å². The summed E-state index contributed by atoms with van der Waals surface area (Å²) in [5.41, 5.74) is 1.19. The van der Waals surface area contributed by atoms with Crippen LogP contribution in [0.5, 0.6) is 5.75 Å². The number of benzene rings is 1. The molecule has 10 nitrogen and oxygen atoms in total. The van der Waals surface area contributed by atoms with Crippen LogP contribution in [0.2, 0.25) is 0 Å². The number of carbonyl (C=O) groups is 1. The van der Waals surface area contributed by atoms with Gasteiger partial charge in [-0.15, -0.1) is 0 Å². The van der Waals surface area contributed by atoms with Crippen LogP contribution in [-0.2, 0) is 11.2 Å². The van der Waals surface area contributed by atoms with E-state index in [4.69, 9.17) is 14.3 Å². The zero-order valence-electron chi connectivity index (χ0n) is 18.9. The molecule has 2 rings (SSSR count). The number of carbonyl (C=O) groups excluding carboxylic acids is 1. The number of aryl methyl sites for hydroxylation is 1. The molecule has 0 bridgehead atoms. The highest BCUT2D eigenvalue weighted by Crippen LogP contribution is 2.25. The third-order valence-corrected chi connectivity index (χ3v) is 5.28. The van der Waals surface area contributed by atoms with Crippen LogP contribution in [0, 0.1) is 6.92 Å². The Labute approximate surface area is 191 Å². The van der Waals surface area contributed by atoms with Crippen LogP contribution in [0.4, 0.5) is 0 Å². The largest absolute Gasteiger partial charge is 0.489 e. The Morgan fingerprint density at radius 1 is 1.18 bits per heavy atom. The third kappa shape index (κ3) is 6.62. The predicted octanol–water partition coefficient (Wildman–Crippen LogP) is -0.507. The van der Waals surface area contributed by atoms with Crippen LogP contribution in [0.3, 0.4) is 0 Å².